The van der Waals surface area contributed by atoms with Crippen molar-refractivity contribution in [3.63, 3.8) is 0 Å². The van der Waals surface area contributed by atoms with E-state index in [4.69, 9.17) is 0 Å². The van der Waals surface area contributed by atoms with Crippen molar-refractivity contribution in [1.82, 2.24) is 15.3 Å². The molecule has 0 bridgehead atoms. The van der Waals surface area contributed by atoms with Crippen LogP contribution in [0.3, 0.4) is 0 Å². The first kappa shape index (κ1) is 12.5. The lowest BCUT2D eigenvalue weighted by atomic mass is 9.97. The number of rotatable bonds is 3. The molecule has 96 valence electrons. The second kappa shape index (κ2) is 5.57. The van der Waals surface area contributed by atoms with Crippen LogP contribution in [0.1, 0.15) is 23.2 Å². The maximum absolute atomic E-state index is 11.6. The minimum absolute atomic E-state index is 0.0157. The van der Waals surface area contributed by atoms with E-state index in [2.05, 4.69) is 15.3 Å². The van der Waals surface area contributed by atoms with Gasteiger partial charge in [-0.2, -0.15) is 0 Å². The van der Waals surface area contributed by atoms with Gasteiger partial charge in [-0.05, 0) is 12.8 Å². The maximum Gasteiger partial charge on any atom is 0.225 e. The Morgan fingerprint density at radius 3 is 2.83 bits per heavy atom. The van der Waals surface area contributed by atoms with Gasteiger partial charge < -0.3 is 10.2 Å². The molecule has 0 aromatic carbocycles. The van der Waals surface area contributed by atoms with Crippen LogP contribution >= 0.6 is 0 Å². The number of carbonyl (C=O) groups excluding carboxylic acids is 2. The van der Waals surface area contributed by atoms with Crippen molar-refractivity contribution in [3.8, 4) is 0 Å². The van der Waals surface area contributed by atoms with Crippen LogP contribution in [0.15, 0.2) is 12.4 Å². The fourth-order valence-corrected chi connectivity index (χ4v) is 2.13. The van der Waals surface area contributed by atoms with Crippen molar-refractivity contribution in [2.45, 2.75) is 12.8 Å². The normalized spacial score (nSPS) is 19.4. The quantitative estimate of drug-likeness (QED) is 0.776. The molecule has 1 N–H and O–H groups in total. The Kier molecular flexibility index (Phi) is 3.86. The molecule has 1 aliphatic heterocycles. The third-order valence-electron chi connectivity index (χ3n) is 3.12. The Hall–Kier alpha value is -1.98. The number of hydrogen-bond acceptors (Lipinski definition) is 5. The van der Waals surface area contributed by atoms with E-state index in [-0.39, 0.29) is 11.8 Å². The van der Waals surface area contributed by atoms with Gasteiger partial charge in [0.25, 0.3) is 0 Å². The van der Waals surface area contributed by atoms with Crippen molar-refractivity contribution >= 4 is 18.1 Å². The third kappa shape index (κ3) is 2.64. The molecule has 2 heterocycles. The van der Waals surface area contributed by atoms with Crippen molar-refractivity contribution in [1.29, 1.82) is 0 Å². The lowest BCUT2D eigenvalue weighted by Gasteiger charge is -2.31. The summed E-state index contributed by atoms with van der Waals surface area (Å²) >= 11 is 0. The average Bonchev–Trinajstić information content (AvgIpc) is 2.46. The van der Waals surface area contributed by atoms with Crippen LogP contribution in [0.25, 0.3) is 0 Å². The first-order chi connectivity index (χ1) is 8.74. The summed E-state index contributed by atoms with van der Waals surface area (Å²) in [5.41, 5.74) is 0.457. The predicted octanol–water partition coefficient (Wildman–Crippen LogP) is 0.251. The van der Waals surface area contributed by atoms with Crippen LogP contribution < -0.4 is 10.2 Å². The number of carbonyl (C=O) groups is 2. The van der Waals surface area contributed by atoms with E-state index in [9.17, 15) is 9.59 Å². The van der Waals surface area contributed by atoms with Gasteiger partial charge in [-0.25, -0.2) is 9.97 Å². The van der Waals surface area contributed by atoms with Crippen LogP contribution in [0, 0.1) is 5.92 Å². The number of nitrogens with zero attached hydrogens (tertiary/aromatic N) is 3. The van der Waals surface area contributed by atoms with Gasteiger partial charge in [-0.15, -0.1) is 0 Å². The molecule has 1 aromatic heterocycles. The lowest BCUT2D eigenvalue weighted by molar-refractivity contribution is -0.124. The molecule has 0 spiro atoms. The number of piperidine rings is 1. The molecule has 1 aliphatic rings. The number of amides is 1. The van der Waals surface area contributed by atoms with Crippen molar-refractivity contribution in [2.24, 2.45) is 5.92 Å². The Morgan fingerprint density at radius 2 is 2.22 bits per heavy atom. The van der Waals surface area contributed by atoms with Gasteiger partial charge in [-0.3, -0.25) is 9.59 Å². The number of aldehydes is 1. The molecular formula is C12H16N4O2. The zero-order chi connectivity index (χ0) is 13.0. The second-order valence-electron chi connectivity index (χ2n) is 4.33. The van der Waals surface area contributed by atoms with E-state index >= 15 is 0 Å². The molecule has 1 amide bonds. The Morgan fingerprint density at radius 1 is 1.50 bits per heavy atom. The number of anilines is 1. The molecule has 1 atom stereocenters. The van der Waals surface area contributed by atoms with Gasteiger partial charge in [0.1, 0.15) is 0 Å². The van der Waals surface area contributed by atoms with E-state index in [0.717, 1.165) is 19.4 Å². The summed E-state index contributed by atoms with van der Waals surface area (Å²) in [5.74, 6) is 0.622. The van der Waals surface area contributed by atoms with Crippen molar-refractivity contribution in [3.05, 3.63) is 18.0 Å². The summed E-state index contributed by atoms with van der Waals surface area (Å²) in [4.78, 5) is 32.4. The molecule has 6 nitrogen and oxygen atoms in total. The van der Waals surface area contributed by atoms with Crippen LogP contribution in [0.5, 0.6) is 0 Å². The minimum atomic E-state index is -0.0157. The van der Waals surface area contributed by atoms with Gasteiger partial charge in [0, 0.05) is 32.5 Å². The third-order valence-corrected chi connectivity index (χ3v) is 3.12. The zero-order valence-corrected chi connectivity index (χ0v) is 10.3. The molecule has 0 aliphatic carbocycles. The molecule has 1 saturated heterocycles. The monoisotopic (exact) mass is 248 g/mol. The van der Waals surface area contributed by atoms with Gasteiger partial charge >= 0.3 is 0 Å². The van der Waals surface area contributed by atoms with Crippen LogP contribution in [-0.4, -0.2) is 42.3 Å². The highest BCUT2D eigenvalue weighted by Crippen LogP contribution is 2.20. The molecule has 1 aromatic rings. The maximum atomic E-state index is 11.6. The second-order valence-corrected chi connectivity index (χ2v) is 4.33. The number of hydrogen-bond donors (Lipinski definition) is 1. The molecular weight excluding hydrogens is 232 g/mol. The Balaban J connectivity index is 2.07. The Bertz CT molecular complexity index is 432. The topological polar surface area (TPSA) is 75.2 Å². The Labute approximate surface area is 105 Å². The SMILES string of the molecule is CNC(=O)C1CCCN(c2ncc(C=O)cn2)C1. The van der Waals surface area contributed by atoms with Gasteiger partial charge in [0.15, 0.2) is 6.29 Å². The molecule has 0 radical (unpaired) electrons. The zero-order valence-electron chi connectivity index (χ0n) is 10.3. The highest BCUT2D eigenvalue weighted by molar-refractivity contribution is 5.79. The van der Waals surface area contributed by atoms with E-state index in [1.165, 1.54) is 12.4 Å². The first-order valence-corrected chi connectivity index (χ1v) is 5.98. The van der Waals surface area contributed by atoms with E-state index in [1.807, 2.05) is 4.90 Å². The number of aromatic nitrogens is 2. The highest BCUT2D eigenvalue weighted by Gasteiger charge is 2.26. The average molecular weight is 248 g/mol. The lowest BCUT2D eigenvalue weighted by Crippen LogP contribution is -2.42. The summed E-state index contributed by atoms with van der Waals surface area (Å²) in [6.45, 7) is 1.47. The van der Waals surface area contributed by atoms with Crippen molar-refractivity contribution < 1.29 is 9.59 Å². The first-order valence-electron chi connectivity index (χ1n) is 5.98. The summed E-state index contributed by atoms with van der Waals surface area (Å²) in [5, 5.41) is 2.67. The van der Waals surface area contributed by atoms with Crippen molar-refractivity contribution in [2.75, 3.05) is 25.0 Å². The van der Waals surface area contributed by atoms with E-state index in [0.29, 0.717) is 24.3 Å². The number of nitrogens with one attached hydrogen (secondary N) is 1. The van der Waals surface area contributed by atoms with E-state index in [1.54, 1.807) is 7.05 Å². The summed E-state index contributed by atoms with van der Waals surface area (Å²) in [6, 6.07) is 0. The highest BCUT2D eigenvalue weighted by atomic mass is 16.1. The summed E-state index contributed by atoms with van der Waals surface area (Å²) in [7, 11) is 1.65. The van der Waals surface area contributed by atoms with Crippen LogP contribution in [0.2, 0.25) is 0 Å². The smallest absolute Gasteiger partial charge is 0.225 e. The molecule has 6 heteroatoms. The van der Waals surface area contributed by atoms with Crippen LogP contribution in [-0.2, 0) is 4.79 Å². The summed E-state index contributed by atoms with van der Waals surface area (Å²) in [6.07, 6.45) is 5.55. The molecule has 0 saturated carbocycles. The van der Waals surface area contributed by atoms with Crippen LogP contribution in [0.4, 0.5) is 5.95 Å². The molecule has 1 fully saturated rings. The van der Waals surface area contributed by atoms with Gasteiger partial charge in [0.05, 0.1) is 11.5 Å². The standard InChI is InChI=1S/C12H16N4O2/c1-13-11(18)10-3-2-4-16(7-10)12-14-5-9(8-17)6-15-12/h5-6,8,10H,2-4,7H2,1H3,(H,13,18). The minimum Gasteiger partial charge on any atom is -0.359 e. The predicted molar refractivity (Wildman–Crippen MR) is 66.4 cm³/mol. The van der Waals surface area contributed by atoms with Gasteiger partial charge in [-0.1, -0.05) is 0 Å². The van der Waals surface area contributed by atoms with E-state index < -0.39 is 0 Å². The molecule has 2 rings (SSSR count). The molecule has 1 unspecified atom stereocenters. The fourth-order valence-electron chi connectivity index (χ4n) is 2.13. The largest absolute Gasteiger partial charge is 0.359 e. The molecule has 18 heavy (non-hydrogen) atoms. The fraction of sp³-hybridized carbons (Fsp3) is 0.500. The van der Waals surface area contributed by atoms with Gasteiger partial charge in [0.2, 0.25) is 11.9 Å². The summed E-state index contributed by atoms with van der Waals surface area (Å²) < 4.78 is 0.